The Morgan fingerprint density at radius 1 is 1.25 bits per heavy atom. The van der Waals surface area contributed by atoms with Gasteiger partial charge in [0.25, 0.3) is 0 Å². The van der Waals surface area contributed by atoms with Gasteiger partial charge in [0.1, 0.15) is 0 Å². The zero-order valence-corrected chi connectivity index (χ0v) is 8.93. The molecule has 0 aliphatic rings. The fourth-order valence-corrected chi connectivity index (χ4v) is 2.29. The van der Waals surface area contributed by atoms with Gasteiger partial charge >= 0.3 is 0 Å². The van der Waals surface area contributed by atoms with Gasteiger partial charge in [0.05, 0.1) is 0 Å². The first-order chi connectivity index (χ1) is 5.63. The minimum atomic E-state index is 0.524. The molecule has 68 valence electrons. The van der Waals surface area contributed by atoms with E-state index in [1.54, 1.807) is 11.3 Å². The molecule has 1 heterocycles. The molecule has 0 aliphatic carbocycles. The van der Waals surface area contributed by atoms with Crippen molar-refractivity contribution in [1.29, 1.82) is 0 Å². The normalized spacial score (nSPS) is 11.2. The first-order valence-corrected chi connectivity index (χ1v) is 5.18. The molecule has 0 bridgehead atoms. The third-order valence-corrected chi connectivity index (χ3v) is 2.54. The second-order valence-electron chi connectivity index (χ2n) is 3.41. The Balaban J connectivity index is 2.81. The number of aromatic nitrogens is 1. The zero-order chi connectivity index (χ0) is 9.14. The number of hydrogen-bond donors (Lipinski definition) is 0. The van der Waals surface area contributed by atoms with Gasteiger partial charge in [-0.25, -0.2) is 4.98 Å². The first-order valence-electron chi connectivity index (χ1n) is 4.30. The monoisotopic (exact) mass is 184 g/mol. The van der Waals surface area contributed by atoms with E-state index in [0.29, 0.717) is 12.1 Å². The molecule has 0 fully saturated rings. The molecule has 1 aromatic rings. The van der Waals surface area contributed by atoms with Crippen molar-refractivity contribution in [3.63, 3.8) is 0 Å². The lowest BCUT2D eigenvalue weighted by Gasteiger charge is -2.30. The summed E-state index contributed by atoms with van der Waals surface area (Å²) in [5, 5.41) is 3.15. The molecule has 3 heteroatoms. The molecule has 0 atom stereocenters. The van der Waals surface area contributed by atoms with Gasteiger partial charge in [0, 0.05) is 23.7 Å². The van der Waals surface area contributed by atoms with E-state index in [1.807, 2.05) is 11.6 Å². The molecule has 0 radical (unpaired) electrons. The van der Waals surface area contributed by atoms with Crippen molar-refractivity contribution >= 4 is 16.5 Å². The highest BCUT2D eigenvalue weighted by Gasteiger charge is 2.15. The van der Waals surface area contributed by atoms with Gasteiger partial charge < -0.3 is 4.90 Å². The average molecular weight is 184 g/mol. The van der Waals surface area contributed by atoms with Gasteiger partial charge in [-0.3, -0.25) is 0 Å². The molecule has 0 spiro atoms. The Morgan fingerprint density at radius 3 is 2.17 bits per heavy atom. The van der Waals surface area contributed by atoms with E-state index in [1.165, 1.54) is 0 Å². The number of rotatable bonds is 3. The number of thiazole rings is 1. The fourth-order valence-electron chi connectivity index (χ4n) is 1.38. The highest BCUT2D eigenvalue weighted by atomic mass is 32.1. The summed E-state index contributed by atoms with van der Waals surface area (Å²) in [6.07, 6.45) is 1.86. The molecule has 2 nitrogen and oxygen atoms in total. The summed E-state index contributed by atoms with van der Waals surface area (Å²) in [6, 6.07) is 1.05. The molecule has 1 rings (SSSR count). The molecule has 12 heavy (non-hydrogen) atoms. The molecular formula is C9H16N2S. The highest BCUT2D eigenvalue weighted by molar-refractivity contribution is 7.13. The summed E-state index contributed by atoms with van der Waals surface area (Å²) in [7, 11) is 0. The maximum Gasteiger partial charge on any atom is 0.185 e. The van der Waals surface area contributed by atoms with E-state index < -0.39 is 0 Å². The zero-order valence-electron chi connectivity index (χ0n) is 8.11. The second-order valence-corrected chi connectivity index (χ2v) is 4.28. The van der Waals surface area contributed by atoms with Crippen LogP contribution in [0, 0.1) is 0 Å². The van der Waals surface area contributed by atoms with E-state index in [2.05, 4.69) is 37.6 Å². The van der Waals surface area contributed by atoms with Gasteiger partial charge in [-0.15, -0.1) is 11.3 Å². The van der Waals surface area contributed by atoms with Crippen LogP contribution in [0.1, 0.15) is 27.7 Å². The van der Waals surface area contributed by atoms with Crippen LogP contribution in [0.3, 0.4) is 0 Å². The van der Waals surface area contributed by atoms with Gasteiger partial charge in [-0.2, -0.15) is 0 Å². The lowest BCUT2D eigenvalue weighted by Crippen LogP contribution is -2.36. The van der Waals surface area contributed by atoms with Crippen LogP contribution in [0.15, 0.2) is 11.6 Å². The number of hydrogen-bond acceptors (Lipinski definition) is 3. The Bertz CT molecular complexity index is 208. The highest BCUT2D eigenvalue weighted by Crippen LogP contribution is 2.21. The summed E-state index contributed by atoms with van der Waals surface area (Å²) in [6.45, 7) is 8.78. The standard InChI is InChI=1S/C9H16N2S/c1-7(2)11(8(3)4)9-10-5-6-12-9/h5-8H,1-4H3. The molecule has 0 aromatic carbocycles. The third kappa shape index (κ3) is 1.97. The molecule has 0 N–H and O–H groups in total. The Hall–Kier alpha value is -0.570. The minimum absolute atomic E-state index is 0.524. The molecule has 0 amide bonds. The van der Waals surface area contributed by atoms with Crippen molar-refractivity contribution in [2.24, 2.45) is 0 Å². The van der Waals surface area contributed by atoms with E-state index in [0.717, 1.165) is 5.13 Å². The van der Waals surface area contributed by atoms with Gasteiger partial charge in [0.15, 0.2) is 5.13 Å². The van der Waals surface area contributed by atoms with E-state index in [9.17, 15) is 0 Å². The van der Waals surface area contributed by atoms with Crippen molar-refractivity contribution in [2.75, 3.05) is 4.90 Å². The Morgan fingerprint density at radius 2 is 1.83 bits per heavy atom. The summed E-state index contributed by atoms with van der Waals surface area (Å²) in [5.41, 5.74) is 0. The lowest BCUT2D eigenvalue weighted by atomic mass is 10.2. The largest absolute Gasteiger partial charge is 0.343 e. The summed E-state index contributed by atoms with van der Waals surface area (Å²) >= 11 is 1.70. The van der Waals surface area contributed by atoms with Crippen LogP contribution in [0.5, 0.6) is 0 Å². The maximum atomic E-state index is 4.30. The predicted octanol–water partition coefficient (Wildman–Crippen LogP) is 2.77. The lowest BCUT2D eigenvalue weighted by molar-refractivity contribution is 0.606. The Labute approximate surface area is 78.2 Å². The van der Waals surface area contributed by atoms with Crippen LogP contribution < -0.4 is 4.90 Å². The molecule has 0 aliphatic heterocycles. The van der Waals surface area contributed by atoms with Crippen molar-refractivity contribution in [3.8, 4) is 0 Å². The van der Waals surface area contributed by atoms with E-state index in [-0.39, 0.29) is 0 Å². The summed E-state index contributed by atoms with van der Waals surface area (Å²) < 4.78 is 0. The third-order valence-electron chi connectivity index (χ3n) is 1.75. The van der Waals surface area contributed by atoms with Crippen molar-refractivity contribution < 1.29 is 0 Å². The van der Waals surface area contributed by atoms with Gasteiger partial charge in [-0.1, -0.05) is 0 Å². The van der Waals surface area contributed by atoms with Crippen LogP contribution in [-0.2, 0) is 0 Å². The molecule has 0 saturated carbocycles. The smallest absolute Gasteiger partial charge is 0.185 e. The topological polar surface area (TPSA) is 16.1 Å². The minimum Gasteiger partial charge on any atom is -0.343 e. The van der Waals surface area contributed by atoms with Crippen LogP contribution >= 0.6 is 11.3 Å². The van der Waals surface area contributed by atoms with E-state index >= 15 is 0 Å². The predicted molar refractivity (Wildman–Crippen MR) is 54.9 cm³/mol. The van der Waals surface area contributed by atoms with Crippen LogP contribution in [0.2, 0.25) is 0 Å². The molecular weight excluding hydrogens is 168 g/mol. The van der Waals surface area contributed by atoms with E-state index in [4.69, 9.17) is 0 Å². The average Bonchev–Trinajstić information content (AvgIpc) is 2.37. The Kier molecular flexibility index (Phi) is 3.09. The summed E-state index contributed by atoms with van der Waals surface area (Å²) in [5.74, 6) is 0. The molecule has 1 aromatic heterocycles. The van der Waals surface area contributed by atoms with Crippen LogP contribution in [0.25, 0.3) is 0 Å². The van der Waals surface area contributed by atoms with Crippen molar-refractivity contribution in [3.05, 3.63) is 11.6 Å². The second kappa shape index (κ2) is 3.90. The quantitative estimate of drug-likeness (QED) is 0.718. The first kappa shape index (κ1) is 9.52. The van der Waals surface area contributed by atoms with Gasteiger partial charge in [0.2, 0.25) is 0 Å². The van der Waals surface area contributed by atoms with Crippen molar-refractivity contribution in [2.45, 2.75) is 39.8 Å². The molecule has 0 unspecified atom stereocenters. The molecule has 0 saturated heterocycles. The fraction of sp³-hybridized carbons (Fsp3) is 0.667. The van der Waals surface area contributed by atoms with Gasteiger partial charge in [-0.05, 0) is 27.7 Å². The SMILES string of the molecule is CC(C)N(c1nccs1)C(C)C. The number of anilines is 1. The van der Waals surface area contributed by atoms with Crippen LogP contribution in [-0.4, -0.2) is 17.1 Å². The van der Waals surface area contributed by atoms with Crippen molar-refractivity contribution in [1.82, 2.24) is 4.98 Å². The summed E-state index contributed by atoms with van der Waals surface area (Å²) in [4.78, 5) is 6.63. The van der Waals surface area contributed by atoms with Crippen LogP contribution in [0.4, 0.5) is 5.13 Å². The number of nitrogens with zero attached hydrogens (tertiary/aromatic N) is 2. The maximum absolute atomic E-state index is 4.30.